The Morgan fingerprint density at radius 2 is 1.95 bits per heavy atom. The summed E-state index contributed by atoms with van der Waals surface area (Å²) < 4.78 is 32.9. The molecular formula is C14H22F2N2O. The molecule has 1 aromatic carbocycles. The Labute approximate surface area is 113 Å². The van der Waals surface area contributed by atoms with E-state index in [9.17, 15) is 8.78 Å². The van der Waals surface area contributed by atoms with Crippen LogP contribution in [-0.4, -0.2) is 12.7 Å². The second-order valence-electron chi connectivity index (χ2n) is 5.55. The van der Waals surface area contributed by atoms with E-state index in [2.05, 4.69) is 5.43 Å². The SMILES string of the molecule is CCOC(C(NN)c1cc(F)ccc1F)C(C)(C)C. The summed E-state index contributed by atoms with van der Waals surface area (Å²) in [6.45, 7) is 8.23. The van der Waals surface area contributed by atoms with Crippen LogP contribution in [-0.2, 0) is 4.74 Å². The van der Waals surface area contributed by atoms with E-state index in [4.69, 9.17) is 10.6 Å². The molecule has 5 heteroatoms. The van der Waals surface area contributed by atoms with Crippen molar-refractivity contribution in [3.05, 3.63) is 35.4 Å². The van der Waals surface area contributed by atoms with Crippen LogP contribution in [0.5, 0.6) is 0 Å². The van der Waals surface area contributed by atoms with Gasteiger partial charge in [0.25, 0.3) is 0 Å². The summed E-state index contributed by atoms with van der Waals surface area (Å²) in [7, 11) is 0. The van der Waals surface area contributed by atoms with Gasteiger partial charge in [0.2, 0.25) is 0 Å². The zero-order valence-electron chi connectivity index (χ0n) is 11.8. The predicted molar refractivity (Wildman–Crippen MR) is 71.3 cm³/mol. The summed E-state index contributed by atoms with van der Waals surface area (Å²) in [6.07, 6.45) is -0.376. The fourth-order valence-electron chi connectivity index (χ4n) is 2.12. The van der Waals surface area contributed by atoms with E-state index in [1.54, 1.807) is 0 Å². The molecule has 0 amide bonds. The largest absolute Gasteiger partial charge is 0.376 e. The summed E-state index contributed by atoms with van der Waals surface area (Å²) >= 11 is 0. The van der Waals surface area contributed by atoms with Crippen LogP contribution in [0.1, 0.15) is 39.3 Å². The zero-order chi connectivity index (χ0) is 14.6. The van der Waals surface area contributed by atoms with Crippen molar-refractivity contribution >= 4 is 0 Å². The number of ether oxygens (including phenoxy) is 1. The van der Waals surface area contributed by atoms with Gasteiger partial charge in [0, 0.05) is 12.2 Å². The molecular weight excluding hydrogens is 250 g/mol. The fourth-order valence-corrected chi connectivity index (χ4v) is 2.12. The van der Waals surface area contributed by atoms with Crippen LogP contribution >= 0.6 is 0 Å². The van der Waals surface area contributed by atoms with Crippen LogP contribution in [0.2, 0.25) is 0 Å². The van der Waals surface area contributed by atoms with Crippen molar-refractivity contribution in [2.24, 2.45) is 11.3 Å². The number of rotatable bonds is 5. The molecule has 108 valence electrons. The van der Waals surface area contributed by atoms with Crippen LogP contribution in [0, 0.1) is 17.0 Å². The minimum absolute atomic E-state index is 0.177. The molecule has 0 aromatic heterocycles. The van der Waals surface area contributed by atoms with Gasteiger partial charge < -0.3 is 4.74 Å². The third-order valence-corrected chi connectivity index (χ3v) is 2.98. The lowest BCUT2D eigenvalue weighted by Gasteiger charge is -2.36. The second kappa shape index (κ2) is 6.41. The minimum Gasteiger partial charge on any atom is -0.376 e. The number of hydrazine groups is 1. The van der Waals surface area contributed by atoms with Gasteiger partial charge in [-0.3, -0.25) is 11.3 Å². The average Bonchev–Trinajstić information content (AvgIpc) is 2.32. The Balaban J connectivity index is 3.19. The highest BCUT2D eigenvalue weighted by Crippen LogP contribution is 2.33. The number of nitrogens with one attached hydrogen (secondary N) is 1. The first-order valence-electron chi connectivity index (χ1n) is 6.34. The van der Waals surface area contributed by atoms with Crippen molar-refractivity contribution in [1.29, 1.82) is 0 Å². The second-order valence-corrected chi connectivity index (χ2v) is 5.55. The maximum Gasteiger partial charge on any atom is 0.128 e. The van der Waals surface area contributed by atoms with Gasteiger partial charge in [0.15, 0.2) is 0 Å². The maximum absolute atomic E-state index is 13.9. The normalized spacial score (nSPS) is 15.3. The van der Waals surface area contributed by atoms with Crippen LogP contribution in [0.3, 0.4) is 0 Å². The third kappa shape index (κ3) is 3.96. The van der Waals surface area contributed by atoms with Gasteiger partial charge >= 0.3 is 0 Å². The first kappa shape index (κ1) is 16.0. The van der Waals surface area contributed by atoms with Gasteiger partial charge in [-0.1, -0.05) is 20.8 Å². The Bertz CT molecular complexity index is 418. The topological polar surface area (TPSA) is 47.3 Å². The minimum atomic E-state index is -0.615. The molecule has 1 rings (SSSR count). The van der Waals surface area contributed by atoms with E-state index < -0.39 is 17.7 Å². The molecule has 0 fully saturated rings. The smallest absolute Gasteiger partial charge is 0.128 e. The fraction of sp³-hybridized carbons (Fsp3) is 0.571. The van der Waals surface area contributed by atoms with E-state index in [1.807, 2.05) is 27.7 Å². The number of benzene rings is 1. The van der Waals surface area contributed by atoms with E-state index in [1.165, 1.54) is 0 Å². The number of halogens is 2. The van der Waals surface area contributed by atoms with Crippen molar-refractivity contribution in [2.45, 2.75) is 39.8 Å². The van der Waals surface area contributed by atoms with Crippen LogP contribution in [0.25, 0.3) is 0 Å². The first-order chi connectivity index (χ1) is 8.81. The van der Waals surface area contributed by atoms with E-state index in [0.717, 1.165) is 18.2 Å². The zero-order valence-corrected chi connectivity index (χ0v) is 11.8. The lowest BCUT2D eigenvalue weighted by Crippen LogP contribution is -2.45. The number of nitrogens with two attached hydrogens (primary N) is 1. The van der Waals surface area contributed by atoms with Crippen LogP contribution in [0.15, 0.2) is 18.2 Å². The molecule has 0 bridgehead atoms. The average molecular weight is 272 g/mol. The first-order valence-corrected chi connectivity index (χ1v) is 6.34. The molecule has 0 aliphatic heterocycles. The predicted octanol–water partition coefficient (Wildman–Crippen LogP) is 2.92. The molecule has 0 aliphatic carbocycles. The number of hydrogen-bond donors (Lipinski definition) is 2. The van der Waals surface area contributed by atoms with Crippen molar-refractivity contribution < 1.29 is 13.5 Å². The maximum atomic E-state index is 13.9. The van der Waals surface area contributed by atoms with Crippen molar-refractivity contribution in [3.63, 3.8) is 0 Å². The molecule has 19 heavy (non-hydrogen) atoms. The Hall–Kier alpha value is -1.04. The highest BCUT2D eigenvalue weighted by atomic mass is 19.1. The van der Waals surface area contributed by atoms with Gasteiger partial charge in [0.1, 0.15) is 11.6 Å². The quantitative estimate of drug-likeness (QED) is 0.640. The standard InChI is InChI=1S/C14H22F2N2O/c1-5-19-13(14(2,3)4)12(18-17)10-8-9(15)6-7-11(10)16/h6-8,12-13,18H,5,17H2,1-4H3. The molecule has 0 saturated heterocycles. The Kier molecular flexibility index (Phi) is 5.40. The lowest BCUT2D eigenvalue weighted by atomic mass is 9.82. The summed E-state index contributed by atoms with van der Waals surface area (Å²) in [4.78, 5) is 0. The van der Waals surface area contributed by atoms with E-state index >= 15 is 0 Å². The molecule has 0 saturated carbocycles. The molecule has 2 atom stereocenters. The lowest BCUT2D eigenvalue weighted by molar-refractivity contribution is -0.0374. The molecule has 3 N–H and O–H groups in total. The van der Waals surface area contributed by atoms with E-state index in [0.29, 0.717) is 6.61 Å². The van der Waals surface area contributed by atoms with Crippen LogP contribution < -0.4 is 11.3 Å². The summed E-state index contributed by atoms with van der Waals surface area (Å²) in [6, 6.07) is 2.72. The Morgan fingerprint density at radius 3 is 2.42 bits per heavy atom. The monoisotopic (exact) mass is 272 g/mol. The number of hydrogen-bond acceptors (Lipinski definition) is 3. The highest BCUT2D eigenvalue weighted by Gasteiger charge is 2.34. The summed E-state index contributed by atoms with van der Waals surface area (Å²) in [5.74, 6) is 4.53. The van der Waals surface area contributed by atoms with Gasteiger partial charge in [0.05, 0.1) is 12.1 Å². The van der Waals surface area contributed by atoms with Crippen molar-refractivity contribution in [1.82, 2.24) is 5.43 Å². The molecule has 1 aromatic rings. The van der Waals surface area contributed by atoms with Gasteiger partial charge in [-0.25, -0.2) is 8.78 Å². The van der Waals surface area contributed by atoms with Crippen LogP contribution in [0.4, 0.5) is 8.78 Å². The molecule has 0 heterocycles. The van der Waals surface area contributed by atoms with Gasteiger partial charge in [-0.2, -0.15) is 0 Å². The molecule has 0 radical (unpaired) electrons. The van der Waals surface area contributed by atoms with Crippen molar-refractivity contribution in [3.8, 4) is 0 Å². The van der Waals surface area contributed by atoms with E-state index in [-0.39, 0.29) is 17.1 Å². The summed E-state index contributed by atoms with van der Waals surface area (Å²) in [5.41, 5.74) is 2.45. The highest BCUT2D eigenvalue weighted by molar-refractivity contribution is 5.24. The van der Waals surface area contributed by atoms with Gasteiger partial charge in [-0.05, 0) is 30.5 Å². The third-order valence-electron chi connectivity index (χ3n) is 2.98. The van der Waals surface area contributed by atoms with Gasteiger partial charge in [-0.15, -0.1) is 0 Å². The molecule has 2 unspecified atom stereocenters. The Morgan fingerprint density at radius 1 is 1.32 bits per heavy atom. The summed E-state index contributed by atoms with van der Waals surface area (Å²) in [5, 5.41) is 0. The molecule has 3 nitrogen and oxygen atoms in total. The van der Waals surface area contributed by atoms with Crippen molar-refractivity contribution in [2.75, 3.05) is 6.61 Å². The molecule has 0 aliphatic rings. The molecule has 0 spiro atoms.